The van der Waals surface area contributed by atoms with Crippen molar-refractivity contribution < 1.29 is 14.1 Å². The van der Waals surface area contributed by atoms with Crippen LogP contribution in [0.25, 0.3) is 10.9 Å². The number of anilines is 2. The summed E-state index contributed by atoms with van der Waals surface area (Å²) in [6.07, 6.45) is 6.12. The van der Waals surface area contributed by atoms with E-state index in [1.54, 1.807) is 43.8 Å². The van der Waals surface area contributed by atoms with Gasteiger partial charge >= 0.3 is 0 Å². The van der Waals surface area contributed by atoms with Gasteiger partial charge in [-0.3, -0.25) is 4.98 Å². The molecule has 4 rings (SSSR count). The Bertz CT molecular complexity index is 1140. The van der Waals surface area contributed by atoms with Gasteiger partial charge in [0.2, 0.25) is 5.88 Å². The zero-order chi connectivity index (χ0) is 21.1. The van der Waals surface area contributed by atoms with Crippen molar-refractivity contribution in [3.63, 3.8) is 0 Å². The van der Waals surface area contributed by atoms with Crippen LogP contribution in [0.5, 0.6) is 5.88 Å². The first-order chi connectivity index (χ1) is 14.5. The number of rotatable bonds is 6. The lowest BCUT2D eigenvalue weighted by atomic mass is 9.93. The Morgan fingerprint density at radius 3 is 2.57 bits per heavy atom. The molecular formula is C21H25N5O3S. The number of nitrogens with zero attached hydrogens (tertiary/aromatic N) is 2. The van der Waals surface area contributed by atoms with Crippen molar-refractivity contribution in [1.82, 2.24) is 14.7 Å². The number of hydrogen-bond donors (Lipinski definition) is 4. The largest absolute Gasteiger partial charge is 0.479 e. The number of ether oxygens (including phenoxy) is 1. The first-order valence-corrected chi connectivity index (χ1v) is 11.4. The number of benzene rings is 1. The average molecular weight is 428 g/mol. The fourth-order valence-electron chi connectivity index (χ4n) is 3.73. The maximum absolute atomic E-state index is 12.9. The molecule has 3 aromatic rings. The highest BCUT2D eigenvalue weighted by Gasteiger charge is 2.26. The van der Waals surface area contributed by atoms with E-state index in [9.17, 15) is 9.32 Å². The molecular weight excluding hydrogens is 402 g/mol. The summed E-state index contributed by atoms with van der Waals surface area (Å²) in [5.74, 6) is 0.455. The Hall–Kier alpha value is -2.75. The topological polar surface area (TPSA) is 120 Å². The third-order valence-corrected chi connectivity index (χ3v) is 6.90. The van der Waals surface area contributed by atoms with Crippen LogP contribution in [0.2, 0.25) is 0 Å². The van der Waals surface area contributed by atoms with Gasteiger partial charge in [-0.05, 0) is 49.2 Å². The summed E-state index contributed by atoms with van der Waals surface area (Å²) in [6.45, 7) is 0. The molecule has 158 valence electrons. The molecule has 8 nitrogen and oxygen atoms in total. The van der Waals surface area contributed by atoms with Gasteiger partial charge in [0.25, 0.3) is 0 Å². The number of aromatic nitrogens is 2. The Balaban J connectivity index is 1.54. The number of aliphatic hydroxyl groups excluding tert-OH is 1. The van der Waals surface area contributed by atoms with Crippen LogP contribution in [0.15, 0.2) is 53.7 Å². The first-order valence-electron chi connectivity index (χ1n) is 9.87. The molecule has 2 heterocycles. The summed E-state index contributed by atoms with van der Waals surface area (Å²) in [7, 11) is -1.64. The molecule has 1 aromatic carbocycles. The number of pyridine rings is 2. The second-order valence-electron chi connectivity index (χ2n) is 7.36. The van der Waals surface area contributed by atoms with Gasteiger partial charge in [0.15, 0.2) is 0 Å². The number of methoxy groups -OCH3 is 1. The number of fused-ring (bicyclic) bond motifs is 1. The molecule has 1 unspecified atom stereocenters. The van der Waals surface area contributed by atoms with Gasteiger partial charge in [-0.25, -0.2) is 18.7 Å². The lowest BCUT2D eigenvalue weighted by Gasteiger charge is -2.29. The monoisotopic (exact) mass is 427 g/mol. The molecule has 30 heavy (non-hydrogen) atoms. The van der Waals surface area contributed by atoms with Crippen molar-refractivity contribution in [2.75, 3.05) is 12.4 Å². The van der Waals surface area contributed by atoms with Crippen molar-refractivity contribution >= 4 is 32.2 Å². The maximum Gasteiger partial charge on any atom is 0.240 e. The Labute approximate surface area is 175 Å². The molecule has 0 bridgehead atoms. The first kappa shape index (κ1) is 20.5. The number of nitrogens with one attached hydrogen (secondary N) is 3. The highest BCUT2D eigenvalue weighted by molar-refractivity contribution is 7.90. The van der Waals surface area contributed by atoms with Crippen LogP contribution in [-0.2, 0) is 9.92 Å². The summed E-state index contributed by atoms with van der Waals surface area (Å²) in [6, 6.07) is 10.3. The summed E-state index contributed by atoms with van der Waals surface area (Å²) < 4.78 is 29.3. The van der Waals surface area contributed by atoms with E-state index < -0.39 is 16.0 Å². The van der Waals surface area contributed by atoms with Gasteiger partial charge in [0.05, 0.1) is 18.1 Å². The fraction of sp³-hybridized carbons (Fsp3) is 0.333. The average Bonchev–Trinajstić information content (AvgIpc) is 2.75. The van der Waals surface area contributed by atoms with E-state index in [-0.39, 0.29) is 6.04 Å². The van der Waals surface area contributed by atoms with Crippen LogP contribution >= 0.6 is 0 Å². The molecule has 1 aliphatic rings. The van der Waals surface area contributed by atoms with Crippen molar-refractivity contribution in [2.24, 2.45) is 0 Å². The lowest BCUT2D eigenvalue weighted by molar-refractivity contribution is 0.102. The highest BCUT2D eigenvalue weighted by Crippen LogP contribution is 2.29. The predicted octanol–water partition coefficient (Wildman–Crippen LogP) is 3.60. The smallest absolute Gasteiger partial charge is 0.240 e. The summed E-state index contributed by atoms with van der Waals surface area (Å²) >= 11 is 0. The van der Waals surface area contributed by atoms with Gasteiger partial charge in [0.1, 0.15) is 15.4 Å². The highest BCUT2D eigenvalue weighted by atomic mass is 32.2. The molecule has 9 heteroatoms. The van der Waals surface area contributed by atoms with Crippen LogP contribution in [0, 0.1) is 4.78 Å². The molecule has 1 fully saturated rings. The maximum atomic E-state index is 12.9. The zero-order valence-corrected chi connectivity index (χ0v) is 17.5. The molecule has 4 N–H and O–H groups in total. The Morgan fingerprint density at radius 2 is 1.83 bits per heavy atom. The van der Waals surface area contributed by atoms with E-state index >= 15 is 0 Å². The molecule has 1 aliphatic carbocycles. The second-order valence-corrected chi connectivity index (χ2v) is 9.18. The molecule has 2 aromatic heterocycles. The van der Waals surface area contributed by atoms with Gasteiger partial charge in [-0.15, -0.1) is 0 Å². The van der Waals surface area contributed by atoms with E-state index in [0.29, 0.717) is 22.7 Å². The Kier molecular flexibility index (Phi) is 5.85. The van der Waals surface area contributed by atoms with Crippen molar-refractivity contribution in [3.05, 3.63) is 48.8 Å². The summed E-state index contributed by atoms with van der Waals surface area (Å²) in [4.78, 5) is 8.90. The van der Waals surface area contributed by atoms with Gasteiger partial charge in [0, 0.05) is 35.2 Å². The molecule has 0 radical (unpaired) electrons. The Morgan fingerprint density at radius 1 is 1.10 bits per heavy atom. The third-order valence-electron chi connectivity index (χ3n) is 5.33. The van der Waals surface area contributed by atoms with E-state index in [1.807, 2.05) is 12.1 Å². The fourth-order valence-corrected chi connectivity index (χ4v) is 5.08. The van der Waals surface area contributed by atoms with E-state index in [0.717, 1.165) is 36.0 Å². The van der Waals surface area contributed by atoms with Gasteiger partial charge in [-0.2, -0.15) is 0 Å². The minimum absolute atomic E-state index is 0.312. The quantitative estimate of drug-likeness (QED) is 0.477. The molecule has 0 saturated heterocycles. The van der Waals surface area contributed by atoms with Crippen LogP contribution in [0.4, 0.5) is 11.4 Å². The second kappa shape index (κ2) is 8.55. The third kappa shape index (κ3) is 4.23. The van der Waals surface area contributed by atoms with E-state index in [4.69, 9.17) is 9.52 Å². The van der Waals surface area contributed by atoms with Gasteiger partial charge < -0.3 is 15.2 Å². The normalized spacial score (nSPS) is 21.1. The number of aliphatic hydroxyl groups is 1. The SMILES string of the molecule is COc1nccc2c(Nc3ccc(S(=N)(=O)N[C@H]4CCCC[C@H]4O)cc3)ccnc12. The van der Waals surface area contributed by atoms with Crippen LogP contribution in [-0.4, -0.2) is 38.5 Å². The van der Waals surface area contributed by atoms with Gasteiger partial charge in [-0.1, -0.05) is 12.8 Å². The predicted molar refractivity (Wildman–Crippen MR) is 116 cm³/mol. The molecule has 0 aliphatic heterocycles. The standard InChI is InChI=1S/C21H25N5O3S/c1-29-21-20-16(10-12-24-21)17(11-13-23-20)25-14-6-8-15(9-7-14)30(22,28)26-18-4-2-3-5-19(18)27/h6-13,18-19,27H,2-5H2,1H3,(H,23,25)(H2,22,26,28)/t18-,19+,30?/m0/s1. The van der Waals surface area contributed by atoms with Crippen molar-refractivity contribution in [1.29, 1.82) is 4.78 Å². The van der Waals surface area contributed by atoms with Crippen molar-refractivity contribution in [2.45, 2.75) is 42.7 Å². The van der Waals surface area contributed by atoms with E-state index in [2.05, 4.69) is 20.0 Å². The lowest BCUT2D eigenvalue weighted by Crippen LogP contribution is -2.44. The molecule has 0 spiro atoms. The van der Waals surface area contributed by atoms with Crippen LogP contribution in [0.3, 0.4) is 0 Å². The van der Waals surface area contributed by atoms with Crippen LogP contribution < -0.4 is 14.8 Å². The minimum Gasteiger partial charge on any atom is -0.479 e. The van der Waals surface area contributed by atoms with Crippen LogP contribution in [0.1, 0.15) is 25.7 Å². The molecule has 1 saturated carbocycles. The van der Waals surface area contributed by atoms with E-state index in [1.165, 1.54) is 0 Å². The summed E-state index contributed by atoms with van der Waals surface area (Å²) in [5.41, 5.74) is 2.28. The molecule has 3 atom stereocenters. The minimum atomic E-state index is -3.20. The summed E-state index contributed by atoms with van der Waals surface area (Å²) in [5, 5.41) is 14.3. The molecule has 0 amide bonds. The number of hydrogen-bond acceptors (Lipinski definition) is 7. The van der Waals surface area contributed by atoms with Crippen molar-refractivity contribution in [3.8, 4) is 5.88 Å². The zero-order valence-electron chi connectivity index (χ0n) is 16.7.